The molecule has 7 heteroatoms. The molecular formula is C14H17NO4S2. The Balaban J connectivity index is 2.08. The molecule has 1 atom stereocenters. The lowest BCUT2D eigenvalue weighted by molar-refractivity contribution is -0.117. The van der Waals surface area contributed by atoms with E-state index in [-0.39, 0.29) is 21.8 Å². The molecule has 0 spiro atoms. The summed E-state index contributed by atoms with van der Waals surface area (Å²) in [6.45, 7) is 2.08. The molecule has 1 aliphatic rings. The first-order chi connectivity index (χ1) is 9.77. The average molecular weight is 327 g/mol. The fraction of sp³-hybridized carbons (Fsp3) is 0.429. The van der Waals surface area contributed by atoms with Crippen LogP contribution < -0.4 is 4.90 Å². The molecule has 2 rings (SSSR count). The minimum Gasteiger partial charge on any atom is -0.312 e. The van der Waals surface area contributed by atoms with Crippen LogP contribution in [-0.2, 0) is 19.4 Å². The molecule has 1 unspecified atom stereocenters. The van der Waals surface area contributed by atoms with Crippen LogP contribution in [0.1, 0.15) is 13.3 Å². The summed E-state index contributed by atoms with van der Waals surface area (Å²) in [6, 6.07) is 6.31. The summed E-state index contributed by atoms with van der Waals surface area (Å²) in [5, 5.41) is 0.0541. The number of amides is 1. The first-order valence-electron chi connectivity index (χ1n) is 6.51. The van der Waals surface area contributed by atoms with E-state index in [1.54, 1.807) is 17.0 Å². The predicted molar refractivity (Wildman–Crippen MR) is 83.2 cm³/mol. The Kier molecular flexibility index (Phi) is 4.73. The van der Waals surface area contributed by atoms with E-state index >= 15 is 0 Å². The monoisotopic (exact) mass is 327 g/mol. The summed E-state index contributed by atoms with van der Waals surface area (Å²) >= 11 is 1.24. The SMILES string of the molecule is CC(=O)SCC1CC(=O)N(c2ccc(S(C)(=O)=O)cc2)C1. The Morgan fingerprint density at radius 2 is 1.95 bits per heavy atom. The Morgan fingerprint density at radius 1 is 1.33 bits per heavy atom. The molecule has 114 valence electrons. The van der Waals surface area contributed by atoms with Crippen LogP contribution in [0.2, 0.25) is 0 Å². The van der Waals surface area contributed by atoms with Gasteiger partial charge in [0, 0.05) is 37.6 Å². The second kappa shape index (κ2) is 6.19. The van der Waals surface area contributed by atoms with Crippen molar-refractivity contribution in [2.24, 2.45) is 5.92 Å². The standard InChI is InChI=1S/C14H17NO4S2/c1-10(16)20-9-11-7-14(17)15(8-11)12-3-5-13(6-4-12)21(2,18)19/h3-6,11H,7-9H2,1-2H3. The van der Waals surface area contributed by atoms with E-state index in [4.69, 9.17) is 0 Å². The smallest absolute Gasteiger partial charge is 0.227 e. The summed E-state index contributed by atoms with van der Waals surface area (Å²) in [6.07, 6.45) is 1.58. The number of anilines is 1. The quantitative estimate of drug-likeness (QED) is 0.842. The largest absolute Gasteiger partial charge is 0.312 e. The van der Waals surface area contributed by atoms with Gasteiger partial charge in [-0.25, -0.2) is 8.42 Å². The molecule has 5 nitrogen and oxygen atoms in total. The van der Waals surface area contributed by atoms with Crippen molar-refractivity contribution in [2.75, 3.05) is 23.5 Å². The van der Waals surface area contributed by atoms with Crippen molar-refractivity contribution < 1.29 is 18.0 Å². The van der Waals surface area contributed by atoms with Crippen LogP contribution in [0.15, 0.2) is 29.2 Å². The van der Waals surface area contributed by atoms with Crippen LogP contribution in [0.5, 0.6) is 0 Å². The molecule has 1 aromatic carbocycles. The van der Waals surface area contributed by atoms with Gasteiger partial charge in [-0.2, -0.15) is 0 Å². The molecule has 1 heterocycles. The topological polar surface area (TPSA) is 71.5 Å². The molecule has 0 bridgehead atoms. The van der Waals surface area contributed by atoms with Crippen LogP contribution in [-0.4, -0.2) is 38.0 Å². The van der Waals surface area contributed by atoms with Crippen molar-refractivity contribution in [1.82, 2.24) is 0 Å². The average Bonchev–Trinajstić information content (AvgIpc) is 2.77. The van der Waals surface area contributed by atoms with Gasteiger partial charge in [-0.3, -0.25) is 9.59 Å². The lowest BCUT2D eigenvalue weighted by Crippen LogP contribution is -2.24. The number of nitrogens with zero attached hydrogens (tertiary/aromatic N) is 1. The number of sulfone groups is 1. The number of hydrogen-bond donors (Lipinski definition) is 0. The van der Waals surface area contributed by atoms with Crippen LogP contribution >= 0.6 is 11.8 Å². The van der Waals surface area contributed by atoms with Gasteiger partial charge in [-0.15, -0.1) is 0 Å². The van der Waals surface area contributed by atoms with Gasteiger partial charge in [0.1, 0.15) is 0 Å². The zero-order valence-electron chi connectivity index (χ0n) is 11.9. The molecule has 0 N–H and O–H groups in total. The summed E-state index contributed by atoms with van der Waals surface area (Å²) in [7, 11) is -3.23. The zero-order chi connectivity index (χ0) is 15.6. The highest BCUT2D eigenvalue weighted by Crippen LogP contribution is 2.28. The van der Waals surface area contributed by atoms with Crippen molar-refractivity contribution in [3.05, 3.63) is 24.3 Å². The molecule has 1 aromatic rings. The number of rotatable bonds is 4. The summed E-state index contributed by atoms with van der Waals surface area (Å²) in [5.74, 6) is 0.802. The van der Waals surface area contributed by atoms with E-state index in [0.29, 0.717) is 24.4 Å². The Morgan fingerprint density at radius 3 is 2.48 bits per heavy atom. The molecule has 0 aromatic heterocycles. The number of carbonyl (C=O) groups is 2. The highest BCUT2D eigenvalue weighted by atomic mass is 32.2. The van der Waals surface area contributed by atoms with E-state index in [1.165, 1.54) is 30.8 Å². The number of hydrogen-bond acceptors (Lipinski definition) is 5. The molecule has 1 amide bonds. The fourth-order valence-corrected chi connectivity index (χ4v) is 3.58. The maximum absolute atomic E-state index is 12.0. The molecule has 21 heavy (non-hydrogen) atoms. The normalized spacial score (nSPS) is 19.0. The minimum atomic E-state index is -3.23. The summed E-state index contributed by atoms with van der Waals surface area (Å²) in [4.78, 5) is 24.9. The van der Waals surface area contributed by atoms with Crippen molar-refractivity contribution in [2.45, 2.75) is 18.2 Å². The van der Waals surface area contributed by atoms with E-state index in [0.717, 1.165) is 6.26 Å². The van der Waals surface area contributed by atoms with E-state index < -0.39 is 9.84 Å². The van der Waals surface area contributed by atoms with Crippen LogP contribution in [0, 0.1) is 5.92 Å². The maximum atomic E-state index is 12.0. The number of carbonyl (C=O) groups excluding carboxylic acids is 2. The van der Waals surface area contributed by atoms with Gasteiger partial charge in [0.2, 0.25) is 5.91 Å². The third-order valence-electron chi connectivity index (χ3n) is 3.30. The highest BCUT2D eigenvalue weighted by molar-refractivity contribution is 8.13. The lowest BCUT2D eigenvalue weighted by atomic mass is 10.1. The van der Waals surface area contributed by atoms with Crippen molar-refractivity contribution in [3.8, 4) is 0 Å². The van der Waals surface area contributed by atoms with Gasteiger partial charge in [-0.05, 0) is 30.2 Å². The molecule has 1 aliphatic heterocycles. The van der Waals surface area contributed by atoms with Gasteiger partial charge in [0.25, 0.3) is 0 Å². The molecule has 1 saturated heterocycles. The summed E-state index contributed by atoms with van der Waals surface area (Å²) < 4.78 is 22.8. The lowest BCUT2D eigenvalue weighted by Gasteiger charge is -2.17. The number of thioether (sulfide) groups is 1. The van der Waals surface area contributed by atoms with Gasteiger partial charge < -0.3 is 4.90 Å². The molecule has 1 fully saturated rings. The molecule has 0 saturated carbocycles. The van der Waals surface area contributed by atoms with E-state index in [9.17, 15) is 18.0 Å². The Labute approximate surface area is 128 Å². The van der Waals surface area contributed by atoms with Gasteiger partial charge in [-0.1, -0.05) is 11.8 Å². The van der Waals surface area contributed by atoms with E-state index in [1.807, 2.05) is 0 Å². The second-order valence-electron chi connectivity index (χ2n) is 5.14. The van der Waals surface area contributed by atoms with Crippen LogP contribution in [0.25, 0.3) is 0 Å². The van der Waals surface area contributed by atoms with Gasteiger partial charge in [0.15, 0.2) is 15.0 Å². The van der Waals surface area contributed by atoms with Crippen LogP contribution in [0.3, 0.4) is 0 Å². The molecular weight excluding hydrogens is 310 g/mol. The maximum Gasteiger partial charge on any atom is 0.227 e. The first kappa shape index (κ1) is 16.0. The number of benzene rings is 1. The highest BCUT2D eigenvalue weighted by Gasteiger charge is 2.30. The predicted octanol–water partition coefficient (Wildman–Crippen LogP) is 1.72. The second-order valence-corrected chi connectivity index (χ2v) is 8.36. The van der Waals surface area contributed by atoms with Crippen LogP contribution in [0.4, 0.5) is 5.69 Å². The Bertz CT molecular complexity index is 652. The Hall–Kier alpha value is -1.34. The fourth-order valence-electron chi connectivity index (χ4n) is 2.25. The van der Waals surface area contributed by atoms with Crippen molar-refractivity contribution in [3.63, 3.8) is 0 Å². The molecule has 0 aliphatic carbocycles. The van der Waals surface area contributed by atoms with E-state index in [2.05, 4.69) is 0 Å². The third kappa shape index (κ3) is 4.07. The molecule has 0 radical (unpaired) electrons. The minimum absolute atomic E-state index is 0.0104. The van der Waals surface area contributed by atoms with Crippen molar-refractivity contribution in [1.29, 1.82) is 0 Å². The van der Waals surface area contributed by atoms with Gasteiger partial charge in [0.05, 0.1) is 4.90 Å². The third-order valence-corrected chi connectivity index (χ3v) is 5.48. The van der Waals surface area contributed by atoms with Crippen molar-refractivity contribution >= 4 is 38.3 Å². The zero-order valence-corrected chi connectivity index (χ0v) is 13.5. The first-order valence-corrected chi connectivity index (χ1v) is 9.39. The summed E-state index contributed by atoms with van der Waals surface area (Å²) in [5.41, 5.74) is 0.697. The van der Waals surface area contributed by atoms with Gasteiger partial charge >= 0.3 is 0 Å².